The highest BCUT2D eigenvalue weighted by Gasteiger charge is 2.28. The number of benzene rings is 1. The Kier molecular flexibility index (Phi) is 4.66. The number of carbonyl (C=O) groups is 2. The highest BCUT2D eigenvalue weighted by atomic mass is 32.1. The highest BCUT2D eigenvalue weighted by molar-refractivity contribution is 7.17. The number of nitrogens with one attached hydrogen (secondary N) is 2. The van der Waals surface area contributed by atoms with Crippen LogP contribution in [0, 0.1) is 11.7 Å². The Balaban J connectivity index is 1.95. The Morgan fingerprint density at radius 3 is 2.79 bits per heavy atom. The fraction of sp³-hybridized carbons (Fsp3) is 0.333. The van der Waals surface area contributed by atoms with E-state index >= 15 is 0 Å². The lowest BCUT2D eigenvalue weighted by Gasteiger charge is -2.18. The number of carbonyl (C=O) groups excluding carboxylic acids is 2. The molecule has 126 valence electrons. The van der Waals surface area contributed by atoms with E-state index in [1.54, 1.807) is 13.1 Å². The molecule has 2 aromatic rings. The zero-order valence-electron chi connectivity index (χ0n) is 13.6. The minimum absolute atomic E-state index is 0.198. The maximum absolute atomic E-state index is 13.3. The molecule has 3 rings (SSSR count). The Labute approximate surface area is 144 Å². The fourth-order valence-electron chi connectivity index (χ4n) is 3.01. The van der Waals surface area contributed by atoms with Crippen LogP contribution in [0.4, 0.5) is 9.39 Å². The number of hydrogen-bond donors (Lipinski definition) is 2. The second-order valence-electron chi connectivity index (χ2n) is 6.10. The molecule has 0 spiro atoms. The van der Waals surface area contributed by atoms with Crippen molar-refractivity contribution in [2.24, 2.45) is 5.92 Å². The van der Waals surface area contributed by atoms with E-state index in [9.17, 15) is 14.0 Å². The molecule has 24 heavy (non-hydrogen) atoms. The Morgan fingerprint density at radius 1 is 1.29 bits per heavy atom. The van der Waals surface area contributed by atoms with Crippen LogP contribution in [0.1, 0.15) is 44.5 Å². The van der Waals surface area contributed by atoms with Gasteiger partial charge in [0.2, 0.25) is 0 Å². The summed E-state index contributed by atoms with van der Waals surface area (Å²) in [5.41, 5.74) is 1.82. The number of anilines is 1. The van der Waals surface area contributed by atoms with E-state index in [-0.39, 0.29) is 11.5 Å². The molecule has 2 amide bonds. The van der Waals surface area contributed by atoms with Crippen LogP contribution in [-0.2, 0) is 12.8 Å². The van der Waals surface area contributed by atoms with Crippen molar-refractivity contribution in [3.63, 3.8) is 0 Å². The van der Waals surface area contributed by atoms with Crippen molar-refractivity contribution >= 4 is 28.2 Å². The summed E-state index contributed by atoms with van der Waals surface area (Å²) in [6.07, 6.45) is 2.79. The molecule has 1 atom stereocenters. The zero-order chi connectivity index (χ0) is 17.3. The Hall–Kier alpha value is -2.21. The fourth-order valence-corrected chi connectivity index (χ4v) is 4.41. The van der Waals surface area contributed by atoms with E-state index in [0.29, 0.717) is 16.5 Å². The molecule has 0 fully saturated rings. The Bertz CT molecular complexity index is 800. The Morgan fingerprint density at radius 2 is 2.08 bits per heavy atom. The van der Waals surface area contributed by atoms with Gasteiger partial charge in [0, 0.05) is 17.5 Å². The predicted molar refractivity (Wildman–Crippen MR) is 93.3 cm³/mol. The molecule has 1 aliphatic carbocycles. The molecule has 1 aromatic carbocycles. The lowest BCUT2D eigenvalue weighted by atomic mass is 9.88. The summed E-state index contributed by atoms with van der Waals surface area (Å²) in [7, 11) is 1.58. The molecular weight excluding hydrogens is 327 g/mol. The molecule has 0 radical (unpaired) electrons. The molecule has 4 nitrogen and oxygen atoms in total. The third-order valence-electron chi connectivity index (χ3n) is 4.28. The van der Waals surface area contributed by atoms with Crippen LogP contribution >= 0.6 is 11.3 Å². The van der Waals surface area contributed by atoms with Gasteiger partial charge in [-0.25, -0.2) is 4.39 Å². The van der Waals surface area contributed by atoms with Gasteiger partial charge in [-0.2, -0.15) is 0 Å². The minimum atomic E-state index is -0.464. The van der Waals surface area contributed by atoms with Crippen molar-refractivity contribution in [1.82, 2.24) is 5.32 Å². The number of amides is 2. The van der Waals surface area contributed by atoms with Gasteiger partial charge in [0.1, 0.15) is 10.8 Å². The van der Waals surface area contributed by atoms with Gasteiger partial charge < -0.3 is 10.6 Å². The van der Waals surface area contributed by atoms with E-state index < -0.39 is 11.7 Å². The first-order valence-electron chi connectivity index (χ1n) is 7.93. The molecule has 0 saturated heterocycles. The lowest BCUT2D eigenvalue weighted by molar-refractivity contribution is 0.0963. The minimum Gasteiger partial charge on any atom is -0.355 e. The molecular formula is C18H19FN2O2S. The van der Waals surface area contributed by atoms with Gasteiger partial charge in [0.25, 0.3) is 11.8 Å². The maximum atomic E-state index is 13.3. The third kappa shape index (κ3) is 3.19. The molecule has 0 unspecified atom stereocenters. The summed E-state index contributed by atoms with van der Waals surface area (Å²) in [4.78, 5) is 25.9. The molecule has 1 aromatic heterocycles. The summed E-state index contributed by atoms with van der Waals surface area (Å²) < 4.78 is 13.3. The van der Waals surface area contributed by atoms with E-state index in [1.807, 2.05) is 0 Å². The maximum Gasteiger partial charge on any atom is 0.256 e. The van der Waals surface area contributed by atoms with Crippen molar-refractivity contribution in [2.75, 3.05) is 12.4 Å². The van der Waals surface area contributed by atoms with Crippen LogP contribution in [0.15, 0.2) is 24.3 Å². The average Bonchev–Trinajstić information content (AvgIpc) is 2.90. The zero-order valence-corrected chi connectivity index (χ0v) is 14.4. The molecule has 0 aliphatic heterocycles. The SMILES string of the molecule is CNC(=O)c1c(NC(=O)c2cccc(F)c2)sc2c1CC[C@H](C)C2. The summed E-state index contributed by atoms with van der Waals surface area (Å²) in [5.74, 6) is -0.503. The van der Waals surface area contributed by atoms with Crippen molar-refractivity contribution < 1.29 is 14.0 Å². The van der Waals surface area contributed by atoms with E-state index in [4.69, 9.17) is 0 Å². The first kappa shape index (κ1) is 16.6. The van der Waals surface area contributed by atoms with Gasteiger partial charge in [0.15, 0.2) is 0 Å². The number of rotatable bonds is 3. The topological polar surface area (TPSA) is 58.2 Å². The highest BCUT2D eigenvalue weighted by Crippen LogP contribution is 2.39. The van der Waals surface area contributed by atoms with Crippen molar-refractivity contribution in [3.8, 4) is 0 Å². The van der Waals surface area contributed by atoms with E-state index in [2.05, 4.69) is 17.6 Å². The van der Waals surface area contributed by atoms with Gasteiger partial charge in [-0.15, -0.1) is 11.3 Å². The van der Waals surface area contributed by atoms with Crippen molar-refractivity contribution in [2.45, 2.75) is 26.2 Å². The normalized spacial score (nSPS) is 16.4. The number of halogens is 1. The smallest absolute Gasteiger partial charge is 0.256 e. The molecule has 0 saturated carbocycles. The quantitative estimate of drug-likeness (QED) is 0.892. The summed E-state index contributed by atoms with van der Waals surface area (Å²) >= 11 is 1.45. The van der Waals surface area contributed by atoms with Gasteiger partial charge >= 0.3 is 0 Å². The summed E-state index contributed by atoms with van der Waals surface area (Å²) in [6.45, 7) is 2.19. The van der Waals surface area contributed by atoms with Gasteiger partial charge in [0.05, 0.1) is 5.56 Å². The monoisotopic (exact) mass is 346 g/mol. The first-order valence-corrected chi connectivity index (χ1v) is 8.74. The van der Waals surface area contributed by atoms with Crippen molar-refractivity contribution in [1.29, 1.82) is 0 Å². The van der Waals surface area contributed by atoms with Crippen LogP contribution < -0.4 is 10.6 Å². The molecule has 1 heterocycles. The van der Waals surface area contributed by atoms with Crippen LogP contribution in [-0.4, -0.2) is 18.9 Å². The lowest BCUT2D eigenvalue weighted by Crippen LogP contribution is -2.22. The van der Waals surface area contributed by atoms with E-state index in [0.717, 1.165) is 29.7 Å². The number of thiophene rings is 1. The summed E-state index contributed by atoms with van der Waals surface area (Å²) in [5, 5.41) is 5.99. The summed E-state index contributed by atoms with van der Waals surface area (Å²) in [6, 6.07) is 5.51. The molecule has 2 N–H and O–H groups in total. The third-order valence-corrected chi connectivity index (χ3v) is 5.45. The second kappa shape index (κ2) is 6.73. The first-order chi connectivity index (χ1) is 11.5. The number of fused-ring (bicyclic) bond motifs is 1. The van der Waals surface area contributed by atoms with Gasteiger partial charge in [-0.1, -0.05) is 13.0 Å². The molecule has 1 aliphatic rings. The predicted octanol–water partition coefficient (Wildman–Crippen LogP) is 3.62. The van der Waals surface area contributed by atoms with E-state index in [1.165, 1.54) is 29.5 Å². The van der Waals surface area contributed by atoms with Crippen LogP contribution in [0.25, 0.3) is 0 Å². The number of hydrogen-bond acceptors (Lipinski definition) is 3. The molecule has 6 heteroatoms. The average molecular weight is 346 g/mol. The second-order valence-corrected chi connectivity index (χ2v) is 7.20. The molecule has 0 bridgehead atoms. The van der Waals surface area contributed by atoms with Crippen LogP contribution in [0.2, 0.25) is 0 Å². The van der Waals surface area contributed by atoms with Gasteiger partial charge in [-0.05, 0) is 48.9 Å². The largest absolute Gasteiger partial charge is 0.355 e. The van der Waals surface area contributed by atoms with Gasteiger partial charge in [-0.3, -0.25) is 9.59 Å². The standard InChI is InChI=1S/C18H19FN2O2S/c1-10-6-7-13-14(8-10)24-18(15(13)17(23)20-2)21-16(22)11-4-3-5-12(19)9-11/h3-5,9-10H,6-8H2,1-2H3,(H,20,23)(H,21,22)/t10-/m0/s1. The van der Waals surface area contributed by atoms with Crippen LogP contribution in [0.3, 0.4) is 0 Å². The van der Waals surface area contributed by atoms with Crippen molar-refractivity contribution in [3.05, 3.63) is 51.7 Å². The van der Waals surface area contributed by atoms with Crippen LogP contribution in [0.5, 0.6) is 0 Å².